The standard InChI is InChI=1S/C15H24N2O3S/c1-4-14-13(10-18)15(5-2)17(16-14)11-7-6-8-12(9-11)21(3,19)20/h10-12H,4-9H2,1-3H3. The lowest BCUT2D eigenvalue weighted by molar-refractivity contribution is 0.112. The van der Waals surface area contributed by atoms with E-state index in [1.807, 2.05) is 18.5 Å². The van der Waals surface area contributed by atoms with Crippen LogP contribution in [0.3, 0.4) is 0 Å². The molecule has 6 heteroatoms. The van der Waals surface area contributed by atoms with E-state index in [2.05, 4.69) is 5.10 Å². The molecule has 0 saturated heterocycles. The van der Waals surface area contributed by atoms with Crippen LogP contribution in [-0.4, -0.2) is 36.0 Å². The molecule has 0 amide bonds. The first-order valence-corrected chi connectivity index (χ1v) is 9.62. The van der Waals surface area contributed by atoms with Gasteiger partial charge in [-0.2, -0.15) is 5.10 Å². The largest absolute Gasteiger partial charge is 0.298 e. The highest BCUT2D eigenvalue weighted by Crippen LogP contribution is 2.33. The number of carbonyl (C=O) groups excluding carboxylic acids is 1. The average molecular weight is 312 g/mol. The van der Waals surface area contributed by atoms with Crippen LogP contribution in [0.25, 0.3) is 0 Å². The highest BCUT2D eigenvalue weighted by Gasteiger charge is 2.31. The minimum absolute atomic E-state index is 0.0902. The van der Waals surface area contributed by atoms with Crippen LogP contribution < -0.4 is 0 Å². The summed E-state index contributed by atoms with van der Waals surface area (Å²) in [5, 5.41) is 4.32. The molecule has 1 aromatic heterocycles. The first-order chi connectivity index (χ1) is 9.92. The fourth-order valence-electron chi connectivity index (χ4n) is 3.32. The normalized spacial score (nSPS) is 23.2. The van der Waals surface area contributed by atoms with Crippen molar-refractivity contribution in [1.82, 2.24) is 9.78 Å². The Morgan fingerprint density at radius 1 is 1.29 bits per heavy atom. The third kappa shape index (κ3) is 3.20. The van der Waals surface area contributed by atoms with Gasteiger partial charge in [-0.1, -0.05) is 20.3 Å². The van der Waals surface area contributed by atoms with Crippen molar-refractivity contribution in [3.63, 3.8) is 0 Å². The molecular weight excluding hydrogens is 288 g/mol. The van der Waals surface area contributed by atoms with Crippen LogP contribution in [0.5, 0.6) is 0 Å². The predicted molar refractivity (Wildman–Crippen MR) is 82.5 cm³/mol. The second kappa shape index (κ2) is 6.30. The maximum atomic E-state index is 11.8. The van der Waals surface area contributed by atoms with E-state index in [9.17, 15) is 13.2 Å². The number of nitrogens with zero attached hydrogens (tertiary/aromatic N) is 2. The molecule has 0 N–H and O–H groups in total. The van der Waals surface area contributed by atoms with Crippen LogP contribution in [0.1, 0.15) is 67.3 Å². The highest BCUT2D eigenvalue weighted by molar-refractivity contribution is 7.91. The first-order valence-electron chi connectivity index (χ1n) is 7.66. The Labute approximate surface area is 126 Å². The molecule has 1 saturated carbocycles. The summed E-state index contributed by atoms with van der Waals surface area (Å²) < 4.78 is 25.6. The fourth-order valence-corrected chi connectivity index (χ4v) is 4.48. The van der Waals surface area contributed by atoms with Gasteiger partial charge in [0.25, 0.3) is 0 Å². The molecule has 118 valence electrons. The number of hydrogen-bond acceptors (Lipinski definition) is 4. The molecule has 1 aliphatic rings. The maximum absolute atomic E-state index is 11.8. The van der Waals surface area contributed by atoms with Gasteiger partial charge in [0.2, 0.25) is 0 Å². The lowest BCUT2D eigenvalue weighted by atomic mass is 9.94. The molecule has 5 nitrogen and oxygen atoms in total. The monoisotopic (exact) mass is 312 g/mol. The van der Waals surface area contributed by atoms with E-state index < -0.39 is 9.84 Å². The van der Waals surface area contributed by atoms with Crippen molar-refractivity contribution in [1.29, 1.82) is 0 Å². The molecule has 1 aromatic rings. The van der Waals surface area contributed by atoms with Crippen LogP contribution in [-0.2, 0) is 22.7 Å². The van der Waals surface area contributed by atoms with Gasteiger partial charge in [0.05, 0.1) is 22.5 Å². The Hall–Kier alpha value is -1.17. The van der Waals surface area contributed by atoms with Crippen LogP contribution in [0.15, 0.2) is 0 Å². The SMILES string of the molecule is CCc1nn(C2CCCC(S(C)(=O)=O)C2)c(CC)c1C=O. The second-order valence-electron chi connectivity index (χ2n) is 5.85. The molecule has 2 rings (SSSR count). The third-order valence-electron chi connectivity index (χ3n) is 4.46. The predicted octanol–water partition coefficient (Wildman–Crippen LogP) is 2.35. The molecule has 0 radical (unpaired) electrons. The summed E-state index contributed by atoms with van der Waals surface area (Å²) in [6, 6.07) is 0.0902. The lowest BCUT2D eigenvalue weighted by Crippen LogP contribution is -2.30. The van der Waals surface area contributed by atoms with Gasteiger partial charge < -0.3 is 0 Å². The number of aldehydes is 1. The van der Waals surface area contributed by atoms with Gasteiger partial charge in [-0.25, -0.2) is 8.42 Å². The molecular formula is C15H24N2O3S. The molecule has 1 fully saturated rings. The zero-order chi connectivity index (χ0) is 15.6. The van der Waals surface area contributed by atoms with Crippen molar-refractivity contribution in [2.45, 2.75) is 63.7 Å². The Morgan fingerprint density at radius 2 is 2.00 bits per heavy atom. The summed E-state index contributed by atoms with van der Waals surface area (Å²) in [5.41, 5.74) is 2.46. The number of rotatable bonds is 5. The summed E-state index contributed by atoms with van der Waals surface area (Å²) in [6.07, 6.45) is 6.83. The van der Waals surface area contributed by atoms with Crippen LogP contribution >= 0.6 is 0 Å². The van der Waals surface area contributed by atoms with Crippen LogP contribution in [0, 0.1) is 0 Å². The average Bonchev–Trinajstić information content (AvgIpc) is 2.84. The Bertz CT molecular complexity index is 619. The number of sulfone groups is 1. The van der Waals surface area contributed by atoms with Crippen molar-refractivity contribution in [2.24, 2.45) is 0 Å². The summed E-state index contributed by atoms with van der Waals surface area (Å²) in [6.45, 7) is 4.00. The van der Waals surface area contributed by atoms with E-state index in [4.69, 9.17) is 0 Å². The Kier molecular flexibility index (Phi) is 4.86. The zero-order valence-corrected chi connectivity index (χ0v) is 13.8. The zero-order valence-electron chi connectivity index (χ0n) is 13.0. The smallest absolute Gasteiger partial charge is 0.153 e. The van der Waals surface area contributed by atoms with E-state index >= 15 is 0 Å². The van der Waals surface area contributed by atoms with Crippen LogP contribution in [0.4, 0.5) is 0 Å². The lowest BCUT2D eigenvalue weighted by Gasteiger charge is -2.29. The minimum atomic E-state index is -3.01. The first kappa shape index (κ1) is 16.2. The van der Waals surface area contributed by atoms with Crippen molar-refractivity contribution >= 4 is 16.1 Å². The molecule has 1 heterocycles. The van der Waals surface area contributed by atoms with Crippen molar-refractivity contribution < 1.29 is 13.2 Å². The van der Waals surface area contributed by atoms with Crippen molar-refractivity contribution in [3.05, 3.63) is 17.0 Å². The molecule has 2 atom stereocenters. The maximum Gasteiger partial charge on any atom is 0.153 e. The van der Waals surface area contributed by atoms with Gasteiger partial charge in [-0.05, 0) is 32.1 Å². The third-order valence-corrected chi connectivity index (χ3v) is 6.10. The summed E-state index contributed by atoms with van der Waals surface area (Å²) >= 11 is 0. The Balaban J connectivity index is 2.37. The minimum Gasteiger partial charge on any atom is -0.298 e. The number of carbonyl (C=O) groups is 1. The van der Waals surface area contributed by atoms with E-state index in [1.54, 1.807) is 0 Å². The molecule has 1 aliphatic carbocycles. The van der Waals surface area contributed by atoms with Crippen LogP contribution in [0.2, 0.25) is 0 Å². The van der Waals surface area contributed by atoms with Gasteiger partial charge in [-0.15, -0.1) is 0 Å². The van der Waals surface area contributed by atoms with Gasteiger partial charge >= 0.3 is 0 Å². The van der Waals surface area contributed by atoms with E-state index in [0.717, 1.165) is 49.8 Å². The summed E-state index contributed by atoms with van der Waals surface area (Å²) in [4.78, 5) is 11.3. The molecule has 0 aliphatic heterocycles. The van der Waals surface area contributed by atoms with E-state index in [-0.39, 0.29) is 11.3 Å². The number of hydrogen-bond donors (Lipinski definition) is 0. The molecule has 2 unspecified atom stereocenters. The quantitative estimate of drug-likeness (QED) is 0.783. The van der Waals surface area contributed by atoms with E-state index in [0.29, 0.717) is 12.0 Å². The molecule has 21 heavy (non-hydrogen) atoms. The Morgan fingerprint density at radius 3 is 2.52 bits per heavy atom. The van der Waals surface area contributed by atoms with Gasteiger partial charge in [0, 0.05) is 11.9 Å². The summed E-state index contributed by atoms with van der Waals surface area (Å²) in [5.74, 6) is 0. The van der Waals surface area contributed by atoms with Crippen molar-refractivity contribution in [2.75, 3.05) is 6.26 Å². The molecule has 0 bridgehead atoms. The van der Waals surface area contributed by atoms with E-state index in [1.165, 1.54) is 6.26 Å². The number of aryl methyl sites for hydroxylation is 1. The molecule has 0 aromatic carbocycles. The van der Waals surface area contributed by atoms with Gasteiger partial charge in [0.1, 0.15) is 9.84 Å². The van der Waals surface area contributed by atoms with Gasteiger partial charge in [-0.3, -0.25) is 9.48 Å². The van der Waals surface area contributed by atoms with Gasteiger partial charge in [0.15, 0.2) is 6.29 Å². The highest BCUT2D eigenvalue weighted by atomic mass is 32.2. The molecule has 0 spiro atoms. The van der Waals surface area contributed by atoms with Crippen molar-refractivity contribution in [3.8, 4) is 0 Å². The second-order valence-corrected chi connectivity index (χ2v) is 8.17. The summed E-state index contributed by atoms with van der Waals surface area (Å²) in [7, 11) is -3.01. The number of aromatic nitrogens is 2. The topological polar surface area (TPSA) is 69.0 Å². The fraction of sp³-hybridized carbons (Fsp3) is 0.733.